The van der Waals surface area contributed by atoms with E-state index in [0.717, 1.165) is 6.42 Å². The van der Waals surface area contributed by atoms with Gasteiger partial charge in [-0.15, -0.1) is 0 Å². The highest BCUT2D eigenvalue weighted by Crippen LogP contribution is 2.43. The molecule has 12 heavy (non-hydrogen) atoms. The van der Waals surface area contributed by atoms with Gasteiger partial charge >= 0.3 is 0 Å². The summed E-state index contributed by atoms with van der Waals surface area (Å²) in [5.74, 6) is 0. The second kappa shape index (κ2) is 2.58. The van der Waals surface area contributed by atoms with Crippen molar-refractivity contribution in [1.82, 2.24) is 0 Å². The zero-order chi connectivity index (χ0) is 9.57. The molecule has 1 nitrogen and oxygen atoms in total. The van der Waals surface area contributed by atoms with Crippen molar-refractivity contribution in [3.63, 3.8) is 0 Å². The zero-order valence-corrected chi connectivity index (χ0v) is 9.23. The van der Waals surface area contributed by atoms with Crippen molar-refractivity contribution in [2.24, 2.45) is 15.8 Å². The van der Waals surface area contributed by atoms with Gasteiger partial charge in [0, 0.05) is 5.71 Å². The van der Waals surface area contributed by atoms with Crippen LogP contribution in [0, 0.1) is 10.8 Å². The maximum absolute atomic E-state index is 4.73. The lowest BCUT2D eigenvalue weighted by Gasteiger charge is -2.35. The largest absolute Gasteiger partial charge is 0.290 e. The van der Waals surface area contributed by atoms with E-state index in [1.165, 1.54) is 5.71 Å². The van der Waals surface area contributed by atoms with Crippen molar-refractivity contribution >= 4 is 5.71 Å². The van der Waals surface area contributed by atoms with E-state index < -0.39 is 0 Å². The summed E-state index contributed by atoms with van der Waals surface area (Å²) < 4.78 is 0. The minimum atomic E-state index is 0.307. The van der Waals surface area contributed by atoms with Gasteiger partial charge in [-0.3, -0.25) is 4.99 Å². The van der Waals surface area contributed by atoms with Crippen molar-refractivity contribution in [1.29, 1.82) is 0 Å². The van der Waals surface area contributed by atoms with Crippen molar-refractivity contribution in [3.8, 4) is 0 Å². The molecule has 70 valence electrons. The first-order valence-corrected chi connectivity index (χ1v) is 4.77. The number of aliphatic imine (C=N–C) groups is 1. The zero-order valence-electron chi connectivity index (χ0n) is 9.23. The predicted octanol–water partition coefficient (Wildman–Crippen LogP) is 3.29. The van der Waals surface area contributed by atoms with E-state index in [9.17, 15) is 0 Å². The predicted molar refractivity (Wildman–Crippen MR) is 54.8 cm³/mol. The highest BCUT2D eigenvalue weighted by molar-refractivity contribution is 5.84. The molecule has 0 aliphatic carbocycles. The Kier molecular flexibility index (Phi) is 2.10. The van der Waals surface area contributed by atoms with Gasteiger partial charge in [-0.2, -0.15) is 0 Å². The van der Waals surface area contributed by atoms with E-state index in [1.807, 2.05) is 0 Å². The third kappa shape index (κ3) is 1.70. The van der Waals surface area contributed by atoms with Gasteiger partial charge in [0.2, 0.25) is 0 Å². The fraction of sp³-hybridized carbons (Fsp3) is 0.909. The molecule has 0 saturated carbocycles. The van der Waals surface area contributed by atoms with Crippen molar-refractivity contribution in [3.05, 3.63) is 0 Å². The normalized spacial score (nSPS) is 28.8. The number of nitrogens with zero attached hydrogens (tertiary/aromatic N) is 1. The number of hydrogen-bond donors (Lipinski definition) is 0. The molecule has 0 radical (unpaired) electrons. The Hall–Kier alpha value is -0.330. The summed E-state index contributed by atoms with van der Waals surface area (Å²) >= 11 is 0. The molecule has 1 unspecified atom stereocenters. The van der Waals surface area contributed by atoms with Crippen molar-refractivity contribution in [2.75, 3.05) is 0 Å². The van der Waals surface area contributed by atoms with Crippen LogP contribution in [0.4, 0.5) is 0 Å². The Bertz CT molecular complexity index is 206. The summed E-state index contributed by atoms with van der Waals surface area (Å²) in [6, 6.07) is 0.491. The Morgan fingerprint density at radius 3 is 2.00 bits per heavy atom. The molecular weight excluding hydrogens is 146 g/mol. The molecular formula is C11H21N. The second-order valence-electron chi connectivity index (χ2n) is 5.80. The first-order chi connectivity index (χ1) is 5.23. The Balaban J connectivity index is 2.90. The van der Waals surface area contributed by atoms with Crippen molar-refractivity contribution < 1.29 is 0 Å². The van der Waals surface area contributed by atoms with Gasteiger partial charge in [0.05, 0.1) is 6.04 Å². The average molecular weight is 167 g/mol. The van der Waals surface area contributed by atoms with Crippen molar-refractivity contribution in [2.45, 2.75) is 54.0 Å². The van der Waals surface area contributed by atoms with Crippen LogP contribution in [0.5, 0.6) is 0 Å². The lowest BCUT2D eigenvalue weighted by molar-refractivity contribution is 0.186. The first kappa shape index (κ1) is 9.76. The summed E-state index contributed by atoms with van der Waals surface area (Å²) in [5.41, 5.74) is 1.99. The maximum Gasteiger partial charge on any atom is 0.0601 e. The minimum Gasteiger partial charge on any atom is -0.290 e. The molecule has 0 amide bonds. The molecule has 1 atom stereocenters. The molecule has 0 fully saturated rings. The van der Waals surface area contributed by atoms with Gasteiger partial charge in [-0.05, 0) is 24.2 Å². The fourth-order valence-electron chi connectivity index (χ4n) is 2.56. The molecule has 0 saturated heterocycles. The molecule has 1 aliphatic heterocycles. The monoisotopic (exact) mass is 167 g/mol. The molecule has 0 spiro atoms. The number of hydrogen-bond acceptors (Lipinski definition) is 1. The van der Waals surface area contributed by atoms with E-state index in [1.54, 1.807) is 0 Å². The van der Waals surface area contributed by atoms with Gasteiger partial charge in [0.1, 0.15) is 0 Å². The lowest BCUT2D eigenvalue weighted by atomic mass is 9.71. The van der Waals surface area contributed by atoms with Gasteiger partial charge in [-0.1, -0.05) is 34.6 Å². The highest BCUT2D eigenvalue weighted by atomic mass is 14.9. The lowest BCUT2D eigenvalue weighted by Crippen LogP contribution is -2.35. The van der Waals surface area contributed by atoms with Gasteiger partial charge < -0.3 is 0 Å². The molecule has 0 N–H and O–H groups in total. The molecule has 0 aromatic carbocycles. The smallest absolute Gasteiger partial charge is 0.0601 e. The van der Waals surface area contributed by atoms with Gasteiger partial charge in [0.15, 0.2) is 0 Å². The number of rotatable bonds is 0. The summed E-state index contributed by atoms with van der Waals surface area (Å²) in [7, 11) is 0. The SMILES string of the molecule is CC1=NC(C(C)(C)C)C(C)(C)C1. The van der Waals surface area contributed by atoms with Crippen LogP contribution in [0.2, 0.25) is 0 Å². The molecule has 0 aromatic heterocycles. The Morgan fingerprint density at radius 2 is 1.83 bits per heavy atom. The van der Waals surface area contributed by atoms with Crippen LogP contribution in [0.3, 0.4) is 0 Å². The minimum absolute atomic E-state index is 0.307. The highest BCUT2D eigenvalue weighted by Gasteiger charge is 2.41. The summed E-state index contributed by atoms with van der Waals surface area (Å²) in [4.78, 5) is 4.73. The van der Waals surface area contributed by atoms with Gasteiger partial charge in [-0.25, -0.2) is 0 Å². The standard InChI is InChI=1S/C11H21N/c1-8-7-11(5,6)9(12-8)10(2,3)4/h9H,7H2,1-6H3. The maximum atomic E-state index is 4.73. The van der Waals surface area contributed by atoms with Crippen LogP contribution >= 0.6 is 0 Å². The van der Waals surface area contributed by atoms with E-state index in [-0.39, 0.29) is 0 Å². The van der Waals surface area contributed by atoms with E-state index in [0.29, 0.717) is 16.9 Å². The molecule has 1 heterocycles. The molecule has 0 aromatic rings. The quantitative estimate of drug-likeness (QED) is 0.525. The third-order valence-electron chi connectivity index (χ3n) is 2.62. The van der Waals surface area contributed by atoms with Gasteiger partial charge in [0.25, 0.3) is 0 Å². The van der Waals surface area contributed by atoms with Crippen LogP contribution in [-0.2, 0) is 0 Å². The Morgan fingerprint density at radius 1 is 1.33 bits per heavy atom. The Labute approximate surface area is 76.3 Å². The summed E-state index contributed by atoms with van der Waals surface area (Å²) in [6.45, 7) is 13.6. The topological polar surface area (TPSA) is 12.4 Å². The second-order valence-corrected chi connectivity index (χ2v) is 5.80. The average Bonchev–Trinajstić information content (AvgIpc) is 2.02. The van der Waals surface area contributed by atoms with Crippen LogP contribution in [-0.4, -0.2) is 11.8 Å². The van der Waals surface area contributed by atoms with Crippen LogP contribution in [0.25, 0.3) is 0 Å². The first-order valence-electron chi connectivity index (χ1n) is 4.77. The third-order valence-corrected chi connectivity index (χ3v) is 2.62. The molecule has 0 bridgehead atoms. The van der Waals surface area contributed by atoms with E-state index >= 15 is 0 Å². The molecule has 1 rings (SSSR count). The molecule has 1 heteroatoms. The molecule has 1 aliphatic rings. The van der Waals surface area contributed by atoms with Crippen LogP contribution < -0.4 is 0 Å². The van der Waals surface area contributed by atoms with Crippen LogP contribution in [0.1, 0.15) is 48.0 Å². The fourth-order valence-corrected chi connectivity index (χ4v) is 2.56. The van der Waals surface area contributed by atoms with Crippen LogP contribution in [0.15, 0.2) is 4.99 Å². The summed E-state index contributed by atoms with van der Waals surface area (Å²) in [5, 5.41) is 0. The summed E-state index contributed by atoms with van der Waals surface area (Å²) in [6.07, 6.45) is 1.16. The van der Waals surface area contributed by atoms with E-state index in [2.05, 4.69) is 41.5 Å². The van der Waals surface area contributed by atoms with E-state index in [4.69, 9.17) is 4.99 Å².